The van der Waals surface area contributed by atoms with Crippen LogP contribution in [0, 0.1) is 4.77 Å². The molecule has 2 aromatic heterocycles. The zero-order valence-electron chi connectivity index (χ0n) is 10.4. The number of fused-ring (bicyclic) bond motifs is 5. The zero-order chi connectivity index (χ0) is 13.1. The Balaban J connectivity index is 2.06. The minimum Gasteiger partial charge on any atom is -0.310 e. The number of likely N-dealkylation sites (N-methyl/N-ethyl adjacent to an activating group) is 1. The Kier molecular flexibility index (Phi) is 2.33. The lowest BCUT2D eigenvalue weighted by Crippen LogP contribution is -2.25. The molecule has 0 radical (unpaired) electrons. The maximum Gasteiger partial charge on any atom is 0.245 e. The van der Waals surface area contributed by atoms with E-state index in [-0.39, 0.29) is 5.91 Å². The van der Waals surface area contributed by atoms with Gasteiger partial charge in [-0.05, 0) is 31.2 Å². The smallest absolute Gasteiger partial charge is 0.245 e. The van der Waals surface area contributed by atoms with Crippen LogP contribution in [-0.2, 0) is 24.3 Å². The highest BCUT2D eigenvalue weighted by molar-refractivity contribution is 7.71. The fraction of sp³-hybridized carbons (Fsp3) is 0.417. The SMILES string of the molecule is CN1CCc2c(sc3nc(=S)n4c(c23)NC(=O)C4)C1. The van der Waals surface area contributed by atoms with Crippen LogP contribution in [0.15, 0.2) is 0 Å². The van der Waals surface area contributed by atoms with E-state index in [2.05, 4.69) is 22.2 Å². The van der Waals surface area contributed by atoms with Gasteiger partial charge in [-0.2, -0.15) is 0 Å². The van der Waals surface area contributed by atoms with E-state index >= 15 is 0 Å². The number of amides is 1. The second-order valence-electron chi connectivity index (χ2n) is 5.05. The number of anilines is 1. The molecular weight excluding hydrogens is 280 g/mol. The second-order valence-corrected chi connectivity index (χ2v) is 6.50. The first-order chi connectivity index (χ1) is 9.13. The molecule has 0 unspecified atom stereocenters. The quantitative estimate of drug-likeness (QED) is 0.752. The molecule has 1 N–H and O–H groups in total. The first kappa shape index (κ1) is 11.5. The van der Waals surface area contributed by atoms with Gasteiger partial charge < -0.3 is 10.2 Å². The van der Waals surface area contributed by atoms with Crippen molar-refractivity contribution >= 4 is 45.5 Å². The number of carbonyl (C=O) groups excluding carboxylic acids is 1. The molecule has 98 valence electrons. The summed E-state index contributed by atoms with van der Waals surface area (Å²) in [6.45, 7) is 2.29. The molecule has 1 amide bonds. The first-order valence-electron chi connectivity index (χ1n) is 6.17. The van der Waals surface area contributed by atoms with Gasteiger partial charge in [-0.3, -0.25) is 9.36 Å². The van der Waals surface area contributed by atoms with Crippen molar-refractivity contribution in [3.05, 3.63) is 15.2 Å². The van der Waals surface area contributed by atoms with E-state index < -0.39 is 0 Å². The molecule has 19 heavy (non-hydrogen) atoms. The molecule has 0 spiro atoms. The van der Waals surface area contributed by atoms with Crippen molar-refractivity contribution in [1.29, 1.82) is 0 Å². The van der Waals surface area contributed by atoms with Gasteiger partial charge in [0.1, 0.15) is 17.2 Å². The Morgan fingerprint density at radius 2 is 2.26 bits per heavy atom. The predicted octanol–water partition coefficient (Wildman–Crippen LogP) is 1.77. The summed E-state index contributed by atoms with van der Waals surface area (Å²) in [5.41, 5.74) is 1.34. The maximum absolute atomic E-state index is 11.6. The van der Waals surface area contributed by atoms with Gasteiger partial charge in [-0.1, -0.05) is 0 Å². The third kappa shape index (κ3) is 1.58. The molecule has 2 aliphatic heterocycles. The van der Waals surface area contributed by atoms with Gasteiger partial charge in [-0.25, -0.2) is 4.98 Å². The summed E-state index contributed by atoms with van der Waals surface area (Å²) in [5.74, 6) is 0.843. The zero-order valence-corrected chi connectivity index (χ0v) is 12.0. The Bertz CT molecular complexity index is 776. The van der Waals surface area contributed by atoms with Crippen LogP contribution in [0.25, 0.3) is 10.2 Å². The Hall–Kier alpha value is -1.31. The number of rotatable bonds is 0. The molecule has 7 heteroatoms. The van der Waals surface area contributed by atoms with E-state index in [9.17, 15) is 4.79 Å². The van der Waals surface area contributed by atoms with Crippen LogP contribution in [0.3, 0.4) is 0 Å². The highest BCUT2D eigenvalue weighted by Gasteiger charge is 2.27. The Labute approximate surface area is 118 Å². The lowest BCUT2D eigenvalue weighted by atomic mass is 10.1. The molecule has 2 aromatic rings. The van der Waals surface area contributed by atoms with Gasteiger partial charge in [0.15, 0.2) is 0 Å². The normalized spacial score (nSPS) is 18.5. The van der Waals surface area contributed by atoms with E-state index in [4.69, 9.17) is 12.2 Å². The minimum absolute atomic E-state index is 0.00622. The van der Waals surface area contributed by atoms with Crippen LogP contribution < -0.4 is 5.32 Å². The largest absolute Gasteiger partial charge is 0.310 e. The highest BCUT2D eigenvalue weighted by Crippen LogP contribution is 2.39. The third-order valence-corrected chi connectivity index (χ3v) is 5.15. The fourth-order valence-corrected chi connectivity index (χ4v) is 4.41. The summed E-state index contributed by atoms with van der Waals surface area (Å²) in [6, 6.07) is 0. The van der Waals surface area contributed by atoms with Crippen molar-refractivity contribution in [3.8, 4) is 0 Å². The summed E-state index contributed by atoms with van der Waals surface area (Å²) in [4.78, 5) is 20.7. The van der Waals surface area contributed by atoms with Crippen LogP contribution in [0.4, 0.5) is 5.82 Å². The molecule has 0 aromatic carbocycles. The monoisotopic (exact) mass is 292 g/mol. The number of aromatic nitrogens is 2. The minimum atomic E-state index is -0.00622. The molecule has 5 nitrogen and oxygen atoms in total. The van der Waals surface area contributed by atoms with Crippen LogP contribution in [0.2, 0.25) is 0 Å². The van der Waals surface area contributed by atoms with Crippen molar-refractivity contribution < 1.29 is 4.79 Å². The van der Waals surface area contributed by atoms with Gasteiger partial charge in [-0.15, -0.1) is 11.3 Å². The maximum atomic E-state index is 11.6. The van der Waals surface area contributed by atoms with Gasteiger partial charge in [0.05, 0.1) is 5.39 Å². The molecule has 4 heterocycles. The van der Waals surface area contributed by atoms with Crippen molar-refractivity contribution in [3.63, 3.8) is 0 Å². The molecule has 0 atom stereocenters. The van der Waals surface area contributed by atoms with Crippen LogP contribution in [0.1, 0.15) is 10.4 Å². The number of hydrogen-bond donors (Lipinski definition) is 1. The van der Waals surface area contributed by atoms with Crippen LogP contribution in [0.5, 0.6) is 0 Å². The number of nitrogens with one attached hydrogen (secondary N) is 1. The van der Waals surface area contributed by atoms with Gasteiger partial charge >= 0.3 is 0 Å². The van der Waals surface area contributed by atoms with Crippen molar-refractivity contribution in [2.45, 2.75) is 19.5 Å². The van der Waals surface area contributed by atoms with Gasteiger partial charge in [0, 0.05) is 18.0 Å². The third-order valence-electron chi connectivity index (χ3n) is 3.72. The van der Waals surface area contributed by atoms with Crippen LogP contribution >= 0.6 is 23.6 Å². The lowest BCUT2D eigenvalue weighted by Gasteiger charge is -2.22. The average molecular weight is 292 g/mol. The standard InChI is InChI=1S/C12H12N4OS2/c1-15-3-2-6-7(4-15)19-11-9(6)10-13-8(17)5-16(10)12(18)14-11/h2-5H2,1H3,(H,13,17). The van der Waals surface area contributed by atoms with Crippen molar-refractivity contribution in [2.24, 2.45) is 0 Å². The molecule has 2 aliphatic rings. The summed E-state index contributed by atoms with van der Waals surface area (Å²) >= 11 is 6.98. The molecular formula is C12H12N4OS2. The summed E-state index contributed by atoms with van der Waals surface area (Å²) < 4.78 is 2.30. The fourth-order valence-electron chi connectivity index (χ4n) is 2.81. The van der Waals surface area contributed by atoms with Crippen molar-refractivity contribution in [1.82, 2.24) is 14.5 Å². The summed E-state index contributed by atoms with van der Waals surface area (Å²) in [5, 5.41) is 4.04. The first-order valence-corrected chi connectivity index (χ1v) is 7.39. The Morgan fingerprint density at radius 1 is 1.42 bits per heavy atom. The number of carbonyl (C=O) groups is 1. The summed E-state index contributed by atoms with van der Waals surface area (Å²) in [6.07, 6.45) is 1.01. The molecule has 0 bridgehead atoms. The molecule has 0 aliphatic carbocycles. The van der Waals surface area contributed by atoms with Crippen LogP contribution in [-0.4, -0.2) is 34.0 Å². The number of nitrogens with zero attached hydrogens (tertiary/aromatic N) is 3. The molecule has 0 fully saturated rings. The van der Waals surface area contributed by atoms with E-state index in [1.165, 1.54) is 10.4 Å². The van der Waals surface area contributed by atoms with E-state index in [0.29, 0.717) is 11.3 Å². The van der Waals surface area contributed by atoms with Gasteiger partial charge in [0.25, 0.3) is 0 Å². The molecule has 4 rings (SSSR count). The lowest BCUT2D eigenvalue weighted by molar-refractivity contribution is -0.115. The Morgan fingerprint density at radius 3 is 3.11 bits per heavy atom. The topological polar surface area (TPSA) is 50.2 Å². The molecule has 0 saturated carbocycles. The van der Waals surface area contributed by atoms with Gasteiger partial charge in [0.2, 0.25) is 10.7 Å². The molecule has 0 saturated heterocycles. The average Bonchev–Trinajstić information content (AvgIpc) is 2.88. The predicted molar refractivity (Wildman–Crippen MR) is 77.1 cm³/mol. The second kappa shape index (κ2) is 3.84. The van der Waals surface area contributed by atoms with Crippen molar-refractivity contribution in [2.75, 3.05) is 18.9 Å². The number of thiophene rings is 1. The van der Waals surface area contributed by atoms with E-state index in [0.717, 1.165) is 35.5 Å². The van der Waals surface area contributed by atoms with E-state index in [1.807, 2.05) is 4.57 Å². The highest BCUT2D eigenvalue weighted by atomic mass is 32.1. The summed E-state index contributed by atoms with van der Waals surface area (Å²) in [7, 11) is 2.13. The van der Waals surface area contributed by atoms with E-state index in [1.54, 1.807) is 11.3 Å². The number of hydrogen-bond acceptors (Lipinski definition) is 5.